The normalized spacial score (nSPS) is 27.1. The number of cyclic esters (lactones) is 1. The Morgan fingerprint density at radius 3 is 2.74 bits per heavy atom. The Morgan fingerprint density at radius 1 is 1.15 bits per heavy atom. The molecule has 1 amide bonds. The molecule has 1 aromatic carbocycles. The van der Waals surface area contributed by atoms with Crippen molar-refractivity contribution in [2.75, 3.05) is 25.4 Å². The van der Waals surface area contributed by atoms with Crippen molar-refractivity contribution in [1.29, 1.82) is 0 Å². The fraction of sp³-hybridized carbons (Fsp3) is 0.519. The largest absolute Gasteiger partial charge is 0.459 e. The smallest absolute Gasteiger partial charge is 0.314 e. The molecule has 1 aromatic heterocycles. The molecule has 0 aliphatic carbocycles. The van der Waals surface area contributed by atoms with Gasteiger partial charge in [-0.2, -0.15) is 0 Å². The lowest BCUT2D eigenvalue weighted by Crippen LogP contribution is -2.58. The van der Waals surface area contributed by atoms with E-state index < -0.39 is 11.0 Å². The highest BCUT2D eigenvalue weighted by Crippen LogP contribution is 2.47. The van der Waals surface area contributed by atoms with E-state index in [9.17, 15) is 9.59 Å². The lowest BCUT2D eigenvalue weighted by molar-refractivity contribution is -0.155. The van der Waals surface area contributed by atoms with E-state index in [0.717, 1.165) is 56.3 Å². The molecule has 0 saturated carbocycles. The van der Waals surface area contributed by atoms with Crippen molar-refractivity contribution in [1.82, 2.24) is 14.8 Å². The highest BCUT2D eigenvalue weighted by molar-refractivity contribution is 6.00. The molecule has 0 radical (unpaired) electrons. The van der Waals surface area contributed by atoms with Crippen molar-refractivity contribution in [2.24, 2.45) is 5.41 Å². The van der Waals surface area contributed by atoms with Crippen LogP contribution in [0.1, 0.15) is 62.7 Å². The number of esters is 1. The number of anilines is 1. The van der Waals surface area contributed by atoms with E-state index in [1.807, 2.05) is 49.1 Å². The number of aromatic nitrogens is 1. The van der Waals surface area contributed by atoms with Crippen molar-refractivity contribution in [3.63, 3.8) is 0 Å². The van der Waals surface area contributed by atoms with E-state index in [4.69, 9.17) is 10.5 Å². The summed E-state index contributed by atoms with van der Waals surface area (Å²) in [6.45, 7) is 6.20. The zero-order chi connectivity index (χ0) is 23.9. The number of carbonyl (C=O) groups is 2. The summed E-state index contributed by atoms with van der Waals surface area (Å²) in [6, 6.07) is 11.3. The van der Waals surface area contributed by atoms with E-state index in [1.54, 1.807) is 12.3 Å². The van der Waals surface area contributed by atoms with Gasteiger partial charge in [-0.15, -0.1) is 0 Å². The number of likely N-dealkylation sites (tertiary alicyclic amines) is 2. The average molecular weight is 463 g/mol. The van der Waals surface area contributed by atoms with Gasteiger partial charge >= 0.3 is 5.97 Å². The molecule has 2 atom stereocenters. The number of carbonyl (C=O) groups excluding carboxylic acids is 2. The van der Waals surface area contributed by atoms with Crippen molar-refractivity contribution < 1.29 is 14.3 Å². The SMILES string of the molecule is CC1(C)CC2(CCCN(C3CCCCN3C(=O)c3cc(-c4ccccn4)ccc3N)C2)C(=O)O1. The van der Waals surface area contributed by atoms with Crippen LogP contribution in [0.2, 0.25) is 0 Å². The third-order valence-electron chi connectivity index (χ3n) is 7.57. The molecule has 4 heterocycles. The Bertz CT molecular complexity index is 1090. The maximum Gasteiger partial charge on any atom is 0.314 e. The first-order valence-corrected chi connectivity index (χ1v) is 12.4. The van der Waals surface area contributed by atoms with Crippen molar-refractivity contribution in [3.8, 4) is 11.3 Å². The van der Waals surface area contributed by atoms with Crippen LogP contribution in [0.4, 0.5) is 5.69 Å². The molecule has 1 spiro atoms. The van der Waals surface area contributed by atoms with Crippen LogP contribution in [-0.4, -0.2) is 58.1 Å². The summed E-state index contributed by atoms with van der Waals surface area (Å²) in [7, 11) is 0. The quantitative estimate of drug-likeness (QED) is 0.546. The maximum absolute atomic E-state index is 13.8. The fourth-order valence-electron chi connectivity index (χ4n) is 6.13. The van der Waals surface area contributed by atoms with Gasteiger partial charge in [-0.3, -0.25) is 19.5 Å². The number of ether oxygens (including phenoxy) is 1. The van der Waals surface area contributed by atoms with Crippen LogP contribution in [-0.2, 0) is 9.53 Å². The third-order valence-corrected chi connectivity index (χ3v) is 7.57. The first-order chi connectivity index (χ1) is 16.3. The van der Waals surface area contributed by atoms with Crippen molar-refractivity contribution >= 4 is 17.6 Å². The monoisotopic (exact) mass is 462 g/mol. The van der Waals surface area contributed by atoms with Crippen LogP contribution in [0.5, 0.6) is 0 Å². The Hall–Kier alpha value is -2.93. The van der Waals surface area contributed by atoms with Crippen LogP contribution >= 0.6 is 0 Å². The number of nitrogens with two attached hydrogens (primary N) is 1. The maximum atomic E-state index is 13.8. The van der Waals surface area contributed by atoms with E-state index in [-0.39, 0.29) is 18.0 Å². The minimum absolute atomic E-state index is 0.0344. The van der Waals surface area contributed by atoms with Gasteiger partial charge in [-0.25, -0.2) is 0 Å². The van der Waals surface area contributed by atoms with Crippen LogP contribution in [0, 0.1) is 5.41 Å². The Labute approximate surface area is 201 Å². The number of piperidine rings is 2. The second-order valence-electron chi connectivity index (χ2n) is 10.7. The molecule has 2 unspecified atom stereocenters. The number of hydrogen-bond acceptors (Lipinski definition) is 6. The molecule has 3 fully saturated rings. The van der Waals surface area contributed by atoms with Gasteiger partial charge in [0, 0.05) is 43.5 Å². The van der Waals surface area contributed by atoms with Crippen LogP contribution < -0.4 is 5.73 Å². The van der Waals surface area contributed by atoms with Gasteiger partial charge in [-0.1, -0.05) is 12.1 Å². The van der Waals surface area contributed by atoms with E-state index >= 15 is 0 Å². The topological polar surface area (TPSA) is 88.8 Å². The summed E-state index contributed by atoms with van der Waals surface area (Å²) in [4.78, 5) is 35.5. The summed E-state index contributed by atoms with van der Waals surface area (Å²) < 4.78 is 5.72. The van der Waals surface area contributed by atoms with Gasteiger partial charge in [0.2, 0.25) is 0 Å². The Kier molecular flexibility index (Phi) is 5.84. The first-order valence-electron chi connectivity index (χ1n) is 12.4. The molecule has 0 bridgehead atoms. The number of nitrogen functional groups attached to an aromatic ring is 1. The molecule has 2 aromatic rings. The molecule has 3 aliphatic heterocycles. The van der Waals surface area contributed by atoms with Gasteiger partial charge < -0.3 is 15.4 Å². The second kappa shape index (κ2) is 8.69. The van der Waals surface area contributed by atoms with Crippen LogP contribution in [0.25, 0.3) is 11.3 Å². The first kappa shape index (κ1) is 22.8. The second-order valence-corrected chi connectivity index (χ2v) is 10.7. The zero-order valence-corrected chi connectivity index (χ0v) is 20.1. The summed E-state index contributed by atoms with van der Waals surface area (Å²) in [5.74, 6) is -0.128. The van der Waals surface area contributed by atoms with Gasteiger partial charge in [0.05, 0.1) is 22.8 Å². The predicted octanol–water partition coefficient (Wildman–Crippen LogP) is 4.09. The summed E-state index contributed by atoms with van der Waals surface area (Å²) in [5.41, 5.74) is 8.08. The molecule has 3 saturated heterocycles. The van der Waals surface area contributed by atoms with E-state index in [0.29, 0.717) is 24.3 Å². The number of amides is 1. The molecular weight excluding hydrogens is 428 g/mol. The fourth-order valence-corrected chi connectivity index (χ4v) is 6.13. The number of rotatable bonds is 3. The Morgan fingerprint density at radius 2 is 2.00 bits per heavy atom. The van der Waals surface area contributed by atoms with Crippen molar-refractivity contribution in [2.45, 2.75) is 64.1 Å². The predicted molar refractivity (Wildman–Crippen MR) is 131 cm³/mol. The molecule has 2 N–H and O–H groups in total. The number of benzene rings is 1. The van der Waals surface area contributed by atoms with Crippen molar-refractivity contribution in [3.05, 3.63) is 48.2 Å². The lowest BCUT2D eigenvalue weighted by atomic mass is 9.75. The molecule has 7 nitrogen and oxygen atoms in total. The third kappa shape index (κ3) is 4.17. The number of hydrogen-bond donors (Lipinski definition) is 1. The molecule has 180 valence electrons. The standard InChI is InChI=1S/C27H34N4O3/c1-26(2)17-27(25(33)34-26)12-7-14-30(18-27)23-9-4-6-15-31(23)24(32)20-16-19(10-11-21(20)28)22-8-3-5-13-29-22/h3,5,8,10-11,13,16,23H,4,6-7,9,12,14-15,17-18,28H2,1-2H3. The summed E-state index contributed by atoms with van der Waals surface area (Å²) >= 11 is 0. The molecule has 5 rings (SSSR count). The summed E-state index contributed by atoms with van der Waals surface area (Å²) in [6.07, 6.45) is 7.16. The lowest BCUT2D eigenvalue weighted by Gasteiger charge is -2.47. The van der Waals surface area contributed by atoms with Crippen LogP contribution in [0.3, 0.4) is 0 Å². The molecule has 7 heteroatoms. The molecule has 3 aliphatic rings. The van der Waals surface area contributed by atoms with E-state index in [1.165, 1.54) is 0 Å². The van der Waals surface area contributed by atoms with Gasteiger partial charge in [0.15, 0.2) is 0 Å². The average Bonchev–Trinajstić information content (AvgIpc) is 3.06. The Balaban J connectivity index is 1.41. The van der Waals surface area contributed by atoms with Crippen LogP contribution in [0.15, 0.2) is 42.6 Å². The zero-order valence-electron chi connectivity index (χ0n) is 20.1. The van der Waals surface area contributed by atoms with Gasteiger partial charge in [0.25, 0.3) is 5.91 Å². The minimum Gasteiger partial charge on any atom is -0.459 e. The highest BCUT2D eigenvalue weighted by atomic mass is 16.6. The van der Waals surface area contributed by atoms with E-state index in [2.05, 4.69) is 9.88 Å². The minimum atomic E-state index is -0.466. The highest BCUT2D eigenvalue weighted by Gasteiger charge is 2.55. The number of nitrogens with zero attached hydrogens (tertiary/aromatic N) is 3. The number of pyridine rings is 1. The molecule has 34 heavy (non-hydrogen) atoms. The summed E-state index contributed by atoms with van der Waals surface area (Å²) in [5, 5.41) is 0. The van der Waals surface area contributed by atoms with Gasteiger partial charge in [-0.05, 0) is 70.2 Å². The van der Waals surface area contributed by atoms with Gasteiger partial charge in [0.1, 0.15) is 5.60 Å². The molecular formula is C27H34N4O3.